The van der Waals surface area contributed by atoms with Gasteiger partial charge in [-0.2, -0.15) is 0 Å². The van der Waals surface area contributed by atoms with E-state index in [1.807, 2.05) is 31.3 Å². The summed E-state index contributed by atoms with van der Waals surface area (Å²) >= 11 is 1.68. The predicted octanol–water partition coefficient (Wildman–Crippen LogP) is 5.84. The Hall–Kier alpha value is -1.98. The van der Waals surface area contributed by atoms with Crippen LogP contribution in [0.25, 0.3) is 22.2 Å². The zero-order valence-corrected chi connectivity index (χ0v) is 16.6. The molecule has 5 heteroatoms. The molecule has 0 aliphatic heterocycles. The SMILES string of the molecule is Cc1cc(F)cc2c(-c3ccccn3)c(C(C)NSC(C)(C)C)cnc12. The van der Waals surface area contributed by atoms with Crippen LogP contribution in [0.3, 0.4) is 0 Å². The number of benzene rings is 1. The van der Waals surface area contributed by atoms with E-state index in [0.717, 1.165) is 33.3 Å². The summed E-state index contributed by atoms with van der Waals surface area (Å²) in [5.74, 6) is -0.254. The smallest absolute Gasteiger partial charge is 0.124 e. The van der Waals surface area contributed by atoms with E-state index >= 15 is 0 Å². The van der Waals surface area contributed by atoms with E-state index in [-0.39, 0.29) is 16.6 Å². The van der Waals surface area contributed by atoms with Gasteiger partial charge < -0.3 is 0 Å². The molecule has 0 saturated heterocycles. The van der Waals surface area contributed by atoms with Gasteiger partial charge in [-0.05, 0) is 70.0 Å². The summed E-state index contributed by atoms with van der Waals surface area (Å²) in [5.41, 5.74) is 4.42. The van der Waals surface area contributed by atoms with Crippen molar-refractivity contribution >= 4 is 22.9 Å². The van der Waals surface area contributed by atoms with Crippen molar-refractivity contribution < 1.29 is 4.39 Å². The van der Waals surface area contributed by atoms with Crippen LogP contribution in [-0.4, -0.2) is 14.7 Å². The molecule has 0 saturated carbocycles. The van der Waals surface area contributed by atoms with Crippen LogP contribution < -0.4 is 4.72 Å². The number of pyridine rings is 2. The lowest BCUT2D eigenvalue weighted by molar-refractivity contribution is 0.628. The third-order valence-corrected chi connectivity index (χ3v) is 5.17. The second kappa shape index (κ2) is 7.33. The number of nitrogens with zero attached hydrogens (tertiary/aromatic N) is 2. The van der Waals surface area contributed by atoms with Gasteiger partial charge in [-0.3, -0.25) is 14.7 Å². The molecule has 3 rings (SSSR count). The Kier molecular flexibility index (Phi) is 5.30. The Morgan fingerprint density at radius 3 is 2.58 bits per heavy atom. The largest absolute Gasteiger partial charge is 0.256 e. The average Bonchev–Trinajstić information content (AvgIpc) is 2.58. The van der Waals surface area contributed by atoms with Crippen LogP contribution in [-0.2, 0) is 0 Å². The first-order valence-electron chi connectivity index (χ1n) is 8.70. The molecular formula is C21H24FN3S. The Bertz CT molecular complexity index is 920. The maximum absolute atomic E-state index is 14.2. The highest BCUT2D eigenvalue weighted by Gasteiger charge is 2.20. The van der Waals surface area contributed by atoms with E-state index in [1.54, 1.807) is 24.2 Å². The number of rotatable bonds is 4. The lowest BCUT2D eigenvalue weighted by Crippen LogP contribution is -2.20. The van der Waals surface area contributed by atoms with Crippen LogP contribution in [0, 0.1) is 12.7 Å². The molecule has 0 bridgehead atoms. The van der Waals surface area contributed by atoms with Gasteiger partial charge in [0.25, 0.3) is 0 Å². The van der Waals surface area contributed by atoms with Crippen molar-refractivity contribution in [1.29, 1.82) is 0 Å². The maximum atomic E-state index is 14.2. The molecule has 0 spiro atoms. The van der Waals surface area contributed by atoms with Crippen molar-refractivity contribution in [2.45, 2.75) is 45.4 Å². The van der Waals surface area contributed by atoms with Crippen LogP contribution in [0.1, 0.15) is 44.9 Å². The zero-order chi connectivity index (χ0) is 18.9. The van der Waals surface area contributed by atoms with Gasteiger partial charge in [0.05, 0.1) is 11.2 Å². The Morgan fingerprint density at radius 2 is 1.92 bits per heavy atom. The molecule has 1 atom stereocenters. The molecule has 0 aliphatic carbocycles. The monoisotopic (exact) mass is 369 g/mol. The topological polar surface area (TPSA) is 37.8 Å². The minimum atomic E-state index is -0.254. The first-order chi connectivity index (χ1) is 12.3. The van der Waals surface area contributed by atoms with Crippen molar-refractivity contribution in [3.8, 4) is 11.3 Å². The Balaban J connectivity index is 2.20. The molecule has 0 aliphatic rings. The first-order valence-corrected chi connectivity index (χ1v) is 9.51. The van der Waals surface area contributed by atoms with Crippen LogP contribution >= 0.6 is 11.9 Å². The summed E-state index contributed by atoms with van der Waals surface area (Å²) in [5, 5.41) is 0.799. The van der Waals surface area contributed by atoms with E-state index in [2.05, 4.69) is 42.4 Å². The summed E-state index contributed by atoms with van der Waals surface area (Å²) in [4.78, 5) is 9.16. The summed E-state index contributed by atoms with van der Waals surface area (Å²) in [7, 11) is 0. The van der Waals surface area contributed by atoms with Crippen molar-refractivity contribution in [2.24, 2.45) is 0 Å². The summed E-state index contributed by atoms with van der Waals surface area (Å²) in [6, 6.07) is 8.92. The normalized spacial score (nSPS) is 13.2. The molecule has 0 amide bonds. The fourth-order valence-corrected chi connectivity index (χ4v) is 3.56. The van der Waals surface area contributed by atoms with Crippen molar-refractivity contribution in [2.75, 3.05) is 0 Å². The quantitative estimate of drug-likeness (QED) is 0.586. The van der Waals surface area contributed by atoms with Crippen LogP contribution in [0.15, 0.2) is 42.7 Å². The standard InChI is InChI=1S/C21H24FN3S/c1-13-10-15(22)11-16-19(18-8-6-7-9-23-18)17(12-24-20(13)16)14(2)25-26-21(3,4)5/h6-12,14,25H,1-5H3. The van der Waals surface area contributed by atoms with E-state index in [9.17, 15) is 4.39 Å². The van der Waals surface area contributed by atoms with Gasteiger partial charge >= 0.3 is 0 Å². The molecular weight excluding hydrogens is 345 g/mol. The highest BCUT2D eigenvalue weighted by Crippen LogP contribution is 2.36. The highest BCUT2D eigenvalue weighted by molar-refractivity contribution is 7.98. The molecule has 2 heterocycles. The molecule has 0 fully saturated rings. The van der Waals surface area contributed by atoms with Gasteiger partial charge in [-0.25, -0.2) is 4.39 Å². The second-order valence-electron chi connectivity index (χ2n) is 7.48. The van der Waals surface area contributed by atoms with Crippen LogP contribution in [0.5, 0.6) is 0 Å². The molecule has 1 N–H and O–H groups in total. The third kappa shape index (κ3) is 4.05. The summed E-state index contributed by atoms with van der Waals surface area (Å²) in [6.07, 6.45) is 3.65. The van der Waals surface area contributed by atoms with Crippen molar-refractivity contribution in [3.63, 3.8) is 0 Å². The Labute approximate surface area is 158 Å². The second-order valence-corrected chi connectivity index (χ2v) is 9.14. The van der Waals surface area contributed by atoms with E-state index in [0.29, 0.717) is 0 Å². The molecule has 3 nitrogen and oxygen atoms in total. The first kappa shape index (κ1) is 18.8. The number of fused-ring (bicyclic) bond motifs is 1. The predicted molar refractivity (Wildman–Crippen MR) is 109 cm³/mol. The van der Waals surface area contributed by atoms with Gasteiger partial charge in [-0.1, -0.05) is 18.0 Å². The van der Waals surface area contributed by atoms with E-state index < -0.39 is 0 Å². The zero-order valence-electron chi connectivity index (χ0n) is 15.8. The minimum Gasteiger partial charge on any atom is -0.256 e. The van der Waals surface area contributed by atoms with E-state index in [4.69, 9.17) is 0 Å². The van der Waals surface area contributed by atoms with Crippen molar-refractivity contribution in [1.82, 2.24) is 14.7 Å². The molecule has 0 radical (unpaired) electrons. The van der Waals surface area contributed by atoms with E-state index in [1.165, 1.54) is 6.07 Å². The van der Waals surface area contributed by atoms with Gasteiger partial charge in [0.1, 0.15) is 5.82 Å². The molecule has 1 unspecified atom stereocenters. The molecule has 3 aromatic rings. The third-order valence-electron chi connectivity index (χ3n) is 4.09. The van der Waals surface area contributed by atoms with Gasteiger partial charge in [0.15, 0.2) is 0 Å². The van der Waals surface area contributed by atoms with Crippen molar-refractivity contribution in [3.05, 3.63) is 59.7 Å². The fraction of sp³-hybridized carbons (Fsp3) is 0.333. The van der Waals surface area contributed by atoms with Gasteiger partial charge in [-0.15, -0.1) is 0 Å². The number of aromatic nitrogens is 2. The van der Waals surface area contributed by atoms with Gasteiger partial charge in [0, 0.05) is 34.1 Å². The number of aryl methyl sites for hydroxylation is 1. The number of halogens is 1. The minimum absolute atomic E-state index is 0.0386. The molecule has 1 aromatic carbocycles. The maximum Gasteiger partial charge on any atom is 0.124 e. The Morgan fingerprint density at radius 1 is 1.15 bits per heavy atom. The fourth-order valence-electron chi connectivity index (χ4n) is 2.91. The highest BCUT2D eigenvalue weighted by atomic mass is 32.2. The average molecular weight is 370 g/mol. The summed E-state index contributed by atoms with van der Waals surface area (Å²) in [6.45, 7) is 10.5. The lowest BCUT2D eigenvalue weighted by atomic mass is 9.95. The van der Waals surface area contributed by atoms with Crippen LogP contribution in [0.2, 0.25) is 0 Å². The number of hydrogen-bond acceptors (Lipinski definition) is 4. The summed E-state index contributed by atoms with van der Waals surface area (Å²) < 4.78 is 17.8. The number of nitrogens with one attached hydrogen (secondary N) is 1. The molecule has 136 valence electrons. The van der Waals surface area contributed by atoms with Gasteiger partial charge in [0.2, 0.25) is 0 Å². The molecule has 2 aromatic heterocycles. The molecule has 26 heavy (non-hydrogen) atoms. The number of hydrogen-bond donors (Lipinski definition) is 1. The van der Waals surface area contributed by atoms with Crippen LogP contribution in [0.4, 0.5) is 4.39 Å². The lowest BCUT2D eigenvalue weighted by Gasteiger charge is -2.24.